The lowest BCUT2D eigenvalue weighted by molar-refractivity contribution is 0.0274. The Morgan fingerprint density at radius 1 is 0.765 bits per heavy atom. The van der Waals surface area contributed by atoms with Crippen LogP contribution in [0.2, 0.25) is 0 Å². The second kappa shape index (κ2) is 13.2. The molecule has 0 N–H and O–H groups in total. The topological polar surface area (TPSA) is 59.1 Å². The fourth-order valence-corrected chi connectivity index (χ4v) is 3.38. The standard InChI is InChI=1S/C13H18INO2.C13H19NO2S/c1-13(2,3)17-12(16)15(4)9-10-7-5-6-8-11(10)14;1-13(2,3)16-12(15)14(4)9-10-7-5-6-8-11(10)17/h5-8H,9H2,1-4H3;5-8,17H,9H2,1-4H3. The van der Waals surface area contributed by atoms with Crippen LogP contribution in [0.3, 0.4) is 0 Å². The van der Waals surface area contributed by atoms with Gasteiger partial charge in [-0.15, -0.1) is 12.6 Å². The molecular weight excluding hydrogens is 563 g/mol. The lowest BCUT2D eigenvalue weighted by atomic mass is 10.2. The summed E-state index contributed by atoms with van der Waals surface area (Å²) in [4.78, 5) is 27.5. The van der Waals surface area contributed by atoms with Gasteiger partial charge in [-0.05, 0) is 87.4 Å². The Balaban J connectivity index is 0.000000340. The van der Waals surface area contributed by atoms with Gasteiger partial charge in [0, 0.05) is 35.7 Å². The molecule has 0 aromatic heterocycles. The summed E-state index contributed by atoms with van der Waals surface area (Å²) in [6, 6.07) is 15.7. The second-order valence-electron chi connectivity index (χ2n) is 9.89. The predicted molar refractivity (Wildman–Crippen MR) is 148 cm³/mol. The van der Waals surface area contributed by atoms with Gasteiger partial charge in [0.2, 0.25) is 0 Å². The van der Waals surface area contributed by atoms with E-state index in [0.717, 1.165) is 19.6 Å². The quantitative estimate of drug-likeness (QED) is 0.303. The number of thiol groups is 1. The minimum absolute atomic E-state index is 0.294. The number of rotatable bonds is 4. The van der Waals surface area contributed by atoms with E-state index < -0.39 is 11.2 Å². The summed E-state index contributed by atoms with van der Waals surface area (Å²) in [7, 11) is 3.46. The summed E-state index contributed by atoms with van der Waals surface area (Å²) in [5, 5.41) is 0. The summed E-state index contributed by atoms with van der Waals surface area (Å²) >= 11 is 6.62. The highest BCUT2D eigenvalue weighted by molar-refractivity contribution is 14.1. The lowest BCUT2D eigenvalue weighted by Gasteiger charge is -2.25. The Morgan fingerprint density at radius 3 is 1.56 bits per heavy atom. The molecule has 2 aromatic rings. The molecule has 0 aliphatic rings. The zero-order chi connectivity index (χ0) is 26.1. The molecule has 2 aromatic carbocycles. The maximum absolute atomic E-state index is 11.8. The van der Waals surface area contributed by atoms with Crippen molar-refractivity contribution >= 4 is 47.4 Å². The molecule has 0 saturated heterocycles. The highest BCUT2D eigenvalue weighted by Crippen LogP contribution is 2.17. The number of amides is 2. The number of halogens is 1. The molecule has 2 rings (SSSR count). The van der Waals surface area contributed by atoms with Crippen molar-refractivity contribution in [3.8, 4) is 0 Å². The largest absolute Gasteiger partial charge is 0.444 e. The summed E-state index contributed by atoms with van der Waals surface area (Å²) in [6.07, 6.45) is -0.619. The number of ether oxygens (including phenoxy) is 2. The van der Waals surface area contributed by atoms with Crippen molar-refractivity contribution in [2.45, 2.75) is 70.7 Å². The Morgan fingerprint density at radius 2 is 1.15 bits per heavy atom. The molecular formula is C26H37IN2O4S. The van der Waals surface area contributed by atoms with E-state index in [0.29, 0.717) is 13.1 Å². The first-order chi connectivity index (χ1) is 15.6. The molecule has 0 fully saturated rings. The van der Waals surface area contributed by atoms with Crippen molar-refractivity contribution in [2.75, 3.05) is 14.1 Å². The fourth-order valence-electron chi connectivity index (χ4n) is 2.59. The molecule has 0 spiro atoms. The van der Waals surface area contributed by atoms with Crippen LogP contribution in [0, 0.1) is 3.57 Å². The molecule has 2 amide bonds. The van der Waals surface area contributed by atoms with Gasteiger partial charge < -0.3 is 19.3 Å². The van der Waals surface area contributed by atoms with Crippen LogP contribution in [0.1, 0.15) is 52.7 Å². The Kier molecular flexibility index (Phi) is 11.7. The number of hydrogen-bond donors (Lipinski definition) is 1. The zero-order valence-electron chi connectivity index (χ0n) is 21.4. The molecule has 0 aliphatic carbocycles. The number of carbonyl (C=O) groups is 2. The van der Waals surface area contributed by atoms with Gasteiger partial charge in [-0.1, -0.05) is 36.4 Å². The van der Waals surface area contributed by atoms with E-state index in [1.165, 1.54) is 0 Å². The van der Waals surface area contributed by atoms with Crippen LogP contribution in [0.15, 0.2) is 53.4 Å². The summed E-state index contributed by atoms with van der Waals surface area (Å²) in [6.45, 7) is 12.2. The van der Waals surface area contributed by atoms with Gasteiger partial charge in [0.25, 0.3) is 0 Å². The smallest absolute Gasteiger partial charge is 0.410 e. The summed E-state index contributed by atoms with van der Waals surface area (Å²) in [5.41, 5.74) is 1.21. The van der Waals surface area contributed by atoms with Crippen LogP contribution in [0.25, 0.3) is 0 Å². The molecule has 0 heterocycles. The van der Waals surface area contributed by atoms with E-state index in [4.69, 9.17) is 9.47 Å². The Labute approximate surface area is 223 Å². The molecule has 8 heteroatoms. The molecule has 0 radical (unpaired) electrons. The van der Waals surface area contributed by atoms with E-state index in [1.54, 1.807) is 23.9 Å². The van der Waals surface area contributed by atoms with E-state index in [1.807, 2.05) is 90.1 Å². The number of hydrogen-bond acceptors (Lipinski definition) is 5. The van der Waals surface area contributed by atoms with Gasteiger partial charge in [-0.3, -0.25) is 0 Å². The first-order valence-corrected chi connectivity index (χ1v) is 12.5. The molecule has 0 unspecified atom stereocenters. The van der Waals surface area contributed by atoms with E-state index in [9.17, 15) is 9.59 Å². The maximum Gasteiger partial charge on any atom is 0.410 e. The summed E-state index contributed by atoms with van der Waals surface area (Å²) < 4.78 is 11.7. The minimum atomic E-state index is -0.466. The van der Waals surface area contributed by atoms with Gasteiger partial charge in [-0.25, -0.2) is 9.59 Å². The van der Waals surface area contributed by atoms with Gasteiger partial charge >= 0.3 is 12.2 Å². The van der Waals surface area contributed by atoms with Crippen molar-refractivity contribution < 1.29 is 19.1 Å². The molecule has 0 bridgehead atoms. The van der Waals surface area contributed by atoms with Gasteiger partial charge in [0.1, 0.15) is 11.2 Å². The third-order valence-electron chi connectivity index (χ3n) is 4.17. The summed E-state index contributed by atoms with van der Waals surface area (Å²) in [5.74, 6) is 0. The Hall–Kier alpha value is -1.94. The van der Waals surface area contributed by atoms with Crippen molar-refractivity contribution in [1.29, 1.82) is 0 Å². The third-order valence-corrected chi connectivity index (χ3v) is 5.66. The molecule has 34 heavy (non-hydrogen) atoms. The minimum Gasteiger partial charge on any atom is -0.444 e. The number of carbonyl (C=O) groups excluding carboxylic acids is 2. The first kappa shape index (κ1) is 30.1. The van der Waals surface area contributed by atoms with Crippen LogP contribution < -0.4 is 0 Å². The molecule has 0 saturated carbocycles. The van der Waals surface area contributed by atoms with Crippen LogP contribution in [-0.4, -0.2) is 47.3 Å². The second-order valence-corrected chi connectivity index (χ2v) is 11.5. The average molecular weight is 601 g/mol. The van der Waals surface area contributed by atoms with Crippen molar-refractivity contribution in [1.82, 2.24) is 9.80 Å². The van der Waals surface area contributed by atoms with E-state index >= 15 is 0 Å². The van der Waals surface area contributed by atoms with Crippen molar-refractivity contribution in [3.05, 3.63) is 63.2 Å². The number of nitrogens with zero attached hydrogens (tertiary/aromatic N) is 2. The Bertz CT molecular complexity index is 877. The van der Waals surface area contributed by atoms with Crippen LogP contribution in [0.4, 0.5) is 9.59 Å². The van der Waals surface area contributed by atoms with E-state index in [2.05, 4.69) is 35.2 Å². The predicted octanol–water partition coefficient (Wildman–Crippen LogP) is 7.00. The average Bonchev–Trinajstić information content (AvgIpc) is 2.69. The van der Waals surface area contributed by atoms with Crippen molar-refractivity contribution in [3.63, 3.8) is 0 Å². The van der Waals surface area contributed by atoms with Gasteiger partial charge in [-0.2, -0.15) is 0 Å². The van der Waals surface area contributed by atoms with E-state index in [-0.39, 0.29) is 12.2 Å². The van der Waals surface area contributed by atoms with Gasteiger partial charge in [0.15, 0.2) is 0 Å². The maximum atomic E-state index is 11.8. The fraction of sp³-hybridized carbons (Fsp3) is 0.462. The third kappa shape index (κ3) is 12.0. The molecule has 188 valence electrons. The normalized spacial score (nSPS) is 11.1. The zero-order valence-corrected chi connectivity index (χ0v) is 24.4. The first-order valence-electron chi connectivity index (χ1n) is 11.0. The van der Waals surface area contributed by atoms with Crippen LogP contribution >= 0.6 is 35.2 Å². The van der Waals surface area contributed by atoms with Crippen LogP contribution in [-0.2, 0) is 22.6 Å². The SMILES string of the molecule is CN(Cc1ccccc1I)C(=O)OC(C)(C)C.CN(Cc1ccccc1S)C(=O)OC(C)(C)C. The molecule has 0 atom stereocenters. The van der Waals surface area contributed by atoms with Gasteiger partial charge in [0.05, 0.1) is 0 Å². The highest BCUT2D eigenvalue weighted by Gasteiger charge is 2.21. The monoisotopic (exact) mass is 600 g/mol. The highest BCUT2D eigenvalue weighted by atomic mass is 127. The molecule has 0 aliphatic heterocycles. The van der Waals surface area contributed by atoms with Crippen molar-refractivity contribution in [2.24, 2.45) is 0 Å². The van der Waals surface area contributed by atoms with Crippen LogP contribution in [0.5, 0.6) is 0 Å². The number of benzene rings is 2. The molecule has 6 nitrogen and oxygen atoms in total. The lowest BCUT2D eigenvalue weighted by Crippen LogP contribution is -2.33.